The number of rotatable bonds is 4. The summed E-state index contributed by atoms with van der Waals surface area (Å²) in [6.07, 6.45) is 4.31. The molecule has 0 bridgehead atoms. The van der Waals surface area contributed by atoms with Crippen LogP contribution in [-0.2, 0) is 10.3 Å². The third-order valence-corrected chi connectivity index (χ3v) is 4.40. The second kappa shape index (κ2) is 6.35. The number of nitrogens with zero attached hydrogens (tertiary/aromatic N) is 1. The van der Waals surface area contributed by atoms with Gasteiger partial charge in [-0.2, -0.15) is 0 Å². The number of phenolic OH excluding ortho intramolecular Hbond substituents is 1. The topological polar surface area (TPSA) is 70.0 Å². The van der Waals surface area contributed by atoms with Crippen LogP contribution in [0.5, 0.6) is 11.5 Å². The molecule has 1 aromatic rings. The summed E-state index contributed by atoms with van der Waals surface area (Å²) in [5.74, 6) is -0.559. The summed E-state index contributed by atoms with van der Waals surface area (Å²) < 4.78 is 5.11. The molecule has 2 N–H and O–H groups in total. The summed E-state index contributed by atoms with van der Waals surface area (Å²) in [5, 5.41) is 19.5. The van der Waals surface area contributed by atoms with Crippen LogP contribution in [0.4, 0.5) is 0 Å². The molecule has 0 amide bonds. The fourth-order valence-corrected chi connectivity index (χ4v) is 2.94. The van der Waals surface area contributed by atoms with E-state index in [1.807, 2.05) is 4.90 Å². The molecule has 1 atom stereocenters. The highest BCUT2D eigenvalue weighted by molar-refractivity contribution is 5.80. The first-order chi connectivity index (χ1) is 10.00. The van der Waals surface area contributed by atoms with Crippen molar-refractivity contribution in [1.29, 1.82) is 0 Å². The molecule has 0 radical (unpaired) electrons. The number of hydrogen-bond donors (Lipinski definition) is 2. The molecule has 1 fully saturated rings. The molecule has 0 aromatic heterocycles. The van der Waals surface area contributed by atoms with Gasteiger partial charge in [-0.1, -0.05) is 18.9 Å². The maximum absolute atomic E-state index is 12.0. The van der Waals surface area contributed by atoms with Crippen molar-refractivity contribution < 1.29 is 19.7 Å². The highest BCUT2D eigenvalue weighted by atomic mass is 16.5. The number of ether oxygens (including phenoxy) is 1. The summed E-state index contributed by atoms with van der Waals surface area (Å²) in [4.78, 5) is 14.0. The van der Waals surface area contributed by atoms with Crippen LogP contribution in [0.25, 0.3) is 0 Å². The molecular weight excluding hydrogens is 270 g/mol. The van der Waals surface area contributed by atoms with Crippen LogP contribution in [0.15, 0.2) is 18.2 Å². The molecule has 5 nitrogen and oxygen atoms in total. The van der Waals surface area contributed by atoms with Crippen molar-refractivity contribution in [3.8, 4) is 11.5 Å². The normalized spacial score (nSPS) is 19.5. The van der Waals surface area contributed by atoms with Crippen molar-refractivity contribution in [2.75, 3.05) is 20.2 Å². The van der Waals surface area contributed by atoms with Crippen LogP contribution in [0.1, 0.15) is 38.2 Å². The number of phenols is 1. The largest absolute Gasteiger partial charge is 0.504 e. The van der Waals surface area contributed by atoms with Gasteiger partial charge in [-0.3, -0.25) is 4.90 Å². The van der Waals surface area contributed by atoms with Gasteiger partial charge in [-0.05, 0) is 50.6 Å². The maximum atomic E-state index is 12.0. The monoisotopic (exact) mass is 293 g/mol. The lowest BCUT2D eigenvalue weighted by Gasteiger charge is -2.37. The van der Waals surface area contributed by atoms with Crippen LogP contribution in [0.3, 0.4) is 0 Å². The first-order valence-corrected chi connectivity index (χ1v) is 7.36. The molecule has 0 spiro atoms. The Hall–Kier alpha value is -1.75. The van der Waals surface area contributed by atoms with Crippen LogP contribution < -0.4 is 4.74 Å². The molecule has 21 heavy (non-hydrogen) atoms. The SMILES string of the molecule is COc1cc(C(C)(C(=O)O)N2CCCCCC2)ccc1O. The van der Waals surface area contributed by atoms with Crippen molar-refractivity contribution >= 4 is 5.97 Å². The summed E-state index contributed by atoms with van der Waals surface area (Å²) in [7, 11) is 1.46. The Morgan fingerprint density at radius 3 is 2.38 bits per heavy atom. The molecule has 1 unspecified atom stereocenters. The summed E-state index contributed by atoms with van der Waals surface area (Å²) in [5.41, 5.74) is -0.475. The number of aliphatic carboxylic acids is 1. The van der Waals surface area contributed by atoms with Crippen LogP contribution in [-0.4, -0.2) is 41.3 Å². The number of carboxylic acids is 1. The molecule has 1 aromatic carbocycles. The Balaban J connectivity index is 2.43. The molecule has 116 valence electrons. The van der Waals surface area contributed by atoms with E-state index in [0.29, 0.717) is 11.3 Å². The van der Waals surface area contributed by atoms with E-state index in [1.54, 1.807) is 19.1 Å². The molecule has 1 aliphatic heterocycles. The molecule has 1 heterocycles. The average Bonchev–Trinajstić information content (AvgIpc) is 2.76. The number of likely N-dealkylation sites (tertiary alicyclic amines) is 1. The van der Waals surface area contributed by atoms with Gasteiger partial charge in [0.2, 0.25) is 0 Å². The van der Waals surface area contributed by atoms with Gasteiger partial charge in [0.15, 0.2) is 11.5 Å². The van der Waals surface area contributed by atoms with E-state index in [2.05, 4.69) is 0 Å². The third-order valence-electron chi connectivity index (χ3n) is 4.40. The summed E-state index contributed by atoms with van der Waals surface area (Å²) in [6.45, 7) is 3.27. The first kappa shape index (κ1) is 15.6. The van der Waals surface area contributed by atoms with Gasteiger partial charge >= 0.3 is 5.97 Å². The van der Waals surface area contributed by atoms with Gasteiger partial charge in [-0.25, -0.2) is 4.79 Å². The van der Waals surface area contributed by atoms with E-state index < -0.39 is 11.5 Å². The van der Waals surface area contributed by atoms with Gasteiger partial charge in [-0.15, -0.1) is 0 Å². The molecule has 0 aliphatic carbocycles. The number of carbonyl (C=O) groups is 1. The third kappa shape index (κ3) is 2.97. The van der Waals surface area contributed by atoms with E-state index in [1.165, 1.54) is 13.2 Å². The lowest BCUT2D eigenvalue weighted by atomic mass is 9.89. The van der Waals surface area contributed by atoms with Crippen LogP contribution >= 0.6 is 0 Å². The fourth-order valence-electron chi connectivity index (χ4n) is 2.94. The molecular formula is C16H23NO4. The van der Waals surface area contributed by atoms with Gasteiger partial charge in [0, 0.05) is 0 Å². The molecule has 1 saturated heterocycles. The van der Waals surface area contributed by atoms with Gasteiger partial charge in [0.1, 0.15) is 5.54 Å². The Morgan fingerprint density at radius 2 is 1.86 bits per heavy atom. The predicted octanol–water partition coefficient (Wildman–Crippen LogP) is 2.58. The molecule has 0 saturated carbocycles. The minimum Gasteiger partial charge on any atom is -0.504 e. The zero-order valence-corrected chi connectivity index (χ0v) is 12.6. The highest BCUT2D eigenvalue weighted by Crippen LogP contribution is 2.36. The number of aromatic hydroxyl groups is 1. The van der Waals surface area contributed by atoms with E-state index in [-0.39, 0.29) is 5.75 Å². The molecule has 1 aliphatic rings. The van der Waals surface area contributed by atoms with Gasteiger partial charge in [0.05, 0.1) is 7.11 Å². The van der Waals surface area contributed by atoms with Crippen LogP contribution in [0, 0.1) is 0 Å². The highest BCUT2D eigenvalue weighted by Gasteiger charge is 2.41. The Morgan fingerprint density at radius 1 is 1.24 bits per heavy atom. The number of benzene rings is 1. The van der Waals surface area contributed by atoms with Gasteiger partial charge in [0.25, 0.3) is 0 Å². The second-order valence-corrected chi connectivity index (χ2v) is 5.67. The van der Waals surface area contributed by atoms with E-state index >= 15 is 0 Å². The van der Waals surface area contributed by atoms with E-state index in [9.17, 15) is 15.0 Å². The van der Waals surface area contributed by atoms with Crippen molar-refractivity contribution in [2.24, 2.45) is 0 Å². The lowest BCUT2D eigenvalue weighted by molar-refractivity contribution is -0.151. The summed E-state index contributed by atoms with van der Waals surface area (Å²) in [6, 6.07) is 4.78. The molecule has 2 rings (SSSR count). The number of carboxylic acid groups (broad SMARTS) is 1. The second-order valence-electron chi connectivity index (χ2n) is 5.67. The molecule has 5 heteroatoms. The zero-order chi connectivity index (χ0) is 15.5. The number of methoxy groups -OCH3 is 1. The van der Waals surface area contributed by atoms with Crippen molar-refractivity contribution in [3.63, 3.8) is 0 Å². The maximum Gasteiger partial charge on any atom is 0.328 e. The van der Waals surface area contributed by atoms with Crippen molar-refractivity contribution in [1.82, 2.24) is 4.90 Å². The van der Waals surface area contributed by atoms with Crippen molar-refractivity contribution in [2.45, 2.75) is 38.1 Å². The minimum atomic E-state index is -1.11. The minimum absolute atomic E-state index is 0.0184. The predicted molar refractivity (Wildman–Crippen MR) is 79.7 cm³/mol. The van der Waals surface area contributed by atoms with Crippen LogP contribution in [0.2, 0.25) is 0 Å². The van der Waals surface area contributed by atoms with E-state index in [4.69, 9.17) is 4.74 Å². The quantitative estimate of drug-likeness (QED) is 0.893. The zero-order valence-electron chi connectivity index (χ0n) is 12.6. The fraction of sp³-hybridized carbons (Fsp3) is 0.562. The van der Waals surface area contributed by atoms with Gasteiger partial charge < -0.3 is 14.9 Å². The summed E-state index contributed by atoms with van der Waals surface area (Å²) >= 11 is 0. The Labute approximate surface area is 125 Å². The lowest BCUT2D eigenvalue weighted by Crippen LogP contribution is -2.50. The standard InChI is InChI=1S/C16H23NO4/c1-16(15(19)20,17-9-5-3-4-6-10-17)12-7-8-13(18)14(11-12)21-2/h7-8,11,18H,3-6,9-10H2,1-2H3,(H,19,20). The average molecular weight is 293 g/mol. The first-order valence-electron chi connectivity index (χ1n) is 7.36. The Kier molecular flexibility index (Phi) is 4.73. The van der Waals surface area contributed by atoms with E-state index in [0.717, 1.165) is 38.8 Å². The Bertz CT molecular complexity index is 509. The number of hydrogen-bond acceptors (Lipinski definition) is 4. The smallest absolute Gasteiger partial charge is 0.328 e. The van der Waals surface area contributed by atoms with Crippen molar-refractivity contribution in [3.05, 3.63) is 23.8 Å².